The Bertz CT molecular complexity index is 325. The average Bonchev–Trinajstić information content (AvgIpc) is 2.86. The van der Waals surface area contributed by atoms with Crippen molar-refractivity contribution in [1.29, 1.82) is 0 Å². The van der Waals surface area contributed by atoms with Gasteiger partial charge in [-0.2, -0.15) is 11.8 Å². The van der Waals surface area contributed by atoms with Crippen molar-refractivity contribution in [2.24, 2.45) is 5.92 Å². The normalized spacial score (nSPS) is 25.1. The number of rotatable bonds is 5. The maximum absolute atomic E-state index is 4.57. The van der Waals surface area contributed by atoms with Crippen LogP contribution < -0.4 is 5.32 Å². The molecule has 4 heteroatoms. The van der Waals surface area contributed by atoms with Crippen LogP contribution in [0.25, 0.3) is 0 Å². The molecule has 1 aromatic rings. The molecule has 0 amide bonds. The minimum Gasteiger partial charge on any atom is -0.313 e. The van der Waals surface area contributed by atoms with Gasteiger partial charge in [-0.25, -0.2) is 4.98 Å². The Kier molecular flexibility index (Phi) is 4.67. The molecular weight excluding hydrogens is 236 g/mol. The van der Waals surface area contributed by atoms with Gasteiger partial charge in [0.25, 0.3) is 0 Å². The smallest absolute Gasteiger partial charge is 0.0897 e. The average molecular weight is 256 g/mol. The monoisotopic (exact) mass is 256 g/mol. The summed E-state index contributed by atoms with van der Waals surface area (Å²) in [4.78, 5) is 4.57. The van der Waals surface area contributed by atoms with Crippen molar-refractivity contribution < 1.29 is 0 Å². The number of nitrogens with one attached hydrogen (secondary N) is 1. The lowest BCUT2D eigenvalue weighted by Crippen LogP contribution is -2.36. The van der Waals surface area contributed by atoms with Gasteiger partial charge in [0.1, 0.15) is 0 Å². The molecule has 0 aromatic carbocycles. The van der Waals surface area contributed by atoms with Gasteiger partial charge in [-0.3, -0.25) is 0 Å². The van der Waals surface area contributed by atoms with Gasteiger partial charge in [0.05, 0.1) is 10.7 Å². The van der Waals surface area contributed by atoms with Crippen LogP contribution >= 0.6 is 23.1 Å². The highest BCUT2D eigenvalue weighted by atomic mass is 32.2. The van der Waals surface area contributed by atoms with Crippen molar-refractivity contribution in [2.45, 2.75) is 32.7 Å². The van der Waals surface area contributed by atoms with E-state index in [1.165, 1.54) is 28.6 Å². The summed E-state index contributed by atoms with van der Waals surface area (Å²) in [6.07, 6.45) is 2.38. The summed E-state index contributed by atoms with van der Waals surface area (Å²) in [6.45, 7) is 5.47. The van der Waals surface area contributed by atoms with E-state index < -0.39 is 0 Å². The standard InChI is InChI=1S/C12H20N2S2/c1-3-4-13-12-8-15-6-10(12)5-11-7-16-9(2)14-11/h7,10,12-13H,3-6,8H2,1-2H3. The Labute approximate surface area is 106 Å². The molecule has 0 bridgehead atoms. The van der Waals surface area contributed by atoms with E-state index in [0.29, 0.717) is 6.04 Å². The molecule has 2 atom stereocenters. The van der Waals surface area contributed by atoms with Crippen molar-refractivity contribution in [3.05, 3.63) is 16.1 Å². The number of aromatic nitrogens is 1. The highest BCUT2D eigenvalue weighted by Gasteiger charge is 2.27. The fourth-order valence-electron chi connectivity index (χ4n) is 2.13. The molecule has 1 aliphatic rings. The van der Waals surface area contributed by atoms with E-state index in [2.05, 4.69) is 41.3 Å². The summed E-state index contributed by atoms with van der Waals surface area (Å²) < 4.78 is 0. The molecule has 0 saturated carbocycles. The van der Waals surface area contributed by atoms with Gasteiger partial charge in [0, 0.05) is 17.2 Å². The predicted octanol–water partition coefficient (Wildman–Crippen LogP) is 2.73. The van der Waals surface area contributed by atoms with Gasteiger partial charge >= 0.3 is 0 Å². The zero-order chi connectivity index (χ0) is 11.4. The maximum atomic E-state index is 4.57. The van der Waals surface area contributed by atoms with Gasteiger partial charge in [0.15, 0.2) is 0 Å². The van der Waals surface area contributed by atoms with Crippen LogP contribution in [0.1, 0.15) is 24.0 Å². The third-order valence-electron chi connectivity index (χ3n) is 2.99. The van der Waals surface area contributed by atoms with Crippen LogP contribution in [0.15, 0.2) is 5.38 Å². The van der Waals surface area contributed by atoms with Crippen LogP contribution in [0.3, 0.4) is 0 Å². The van der Waals surface area contributed by atoms with Crippen LogP contribution in [0.4, 0.5) is 0 Å². The Balaban J connectivity index is 1.88. The zero-order valence-corrected chi connectivity index (χ0v) is 11.7. The lowest BCUT2D eigenvalue weighted by atomic mass is 9.98. The molecule has 1 saturated heterocycles. The third kappa shape index (κ3) is 3.22. The Hall–Kier alpha value is -0.0600. The first-order valence-corrected chi connectivity index (χ1v) is 8.05. The molecule has 2 unspecified atom stereocenters. The van der Waals surface area contributed by atoms with Crippen LogP contribution in [-0.2, 0) is 6.42 Å². The number of thioether (sulfide) groups is 1. The third-order valence-corrected chi connectivity index (χ3v) is 5.07. The van der Waals surface area contributed by atoms with Crippen LogP contribution in [0, 0.1) is 12.8 Å². The van der Waals surface area contributed by atoms with Gasteiger partial charge in [-0.1, -0.05) is 6.92 Å². The number of hydrogen-bond acceptors (Lipinski definition) is 4. The maximum Gasteiger partial charge on any atom is 0.0897 e. The first-order chi connectivity index (χ1) is 7.79. The van der Waals surface area contributed by atoms with Gasteiger partial charge in [-0.15, -0.1) is 11.3 Å². The second-order valence-electron chi connectivity index (χ2n) is 4.42. The van der Waals surface area contributed by atoms with Crippen molar-refractivity contribution in [3.8, 4) is 0 Å². The van der Waals surface area contributed by atoms with Crippen LogP contribution in [0.2, 0.25) is 0 Å². The van der Waals surface area contributed by atoms with Gasteiger partial charge in [0.2, 0.25) is 0 Å². The van der Waals surface area contributed by atoms with Crippen molar-refractivity contribution in [1.82, 2.24) is 10.3 Å². The van der Waals surface area contributed by atoms with Gasteiger partial charge < -0.3 is 5.32 Å². The predicted molar refractivity (Wildman–Crippen MR) is 73.5 cm³/mol. The molecule has 90 valence electrons. The lowest BCUT2D eigenvalue weighted by molar-refractivity contribution is 0.423. The number of thiazole rings is 1. The van der Waals surface area contributed by atoms with Gasteiger partial charge in [-0.05, 0) is 38.0 Å². The Morgan fingerprint density at radius 3 is 3.06 bits per heavy atom. The number of nitrogens with zero attached hydrogens (tertiary/aromatic N) is 1. The molecule has 2 heterocycles. The van der Waals surface area contributed by atoms with Crippen molar-refractivity contribution >= 4 is 23.1 Å². The second kappa shape index (κ2) is 6.03. The molecular formula is C12H20N2S2. The molecule has 2 rings (SSSR count). The molecule has 0 spiro atoms. The Morgan fingerprint density at radius 2 is 2.38 bits per heavy atom. The second-order valence-corrected chi connectivity index (χ2v) is 6.56. The van der Waals surface area contributed by atoms with E-state index in [4.69, 9.17) is 0 Å². The van der Waals surface area contributed by atoms with Crippen molar-refractivity contribution in [2.75, 3.05) is 18.1 Å². The molecule has 2 nitrogen and oxygen atoms in total. The molecule has 16 heavy (non-hydrogen) atoms. The minimum absolute atomic E-state index is 0.701. The Morgan fingerprint density at radius 1 is 1.50 bits per heavy atom. The molecule has 0 aliphatic carbocycles. The van der Waals surface area contributed by atoms with Crippen molar-refractivity contribution in [3.63, 3.8) is 0 Å². The van der Waals surface area contributed by atoms with E-state index in [1.807, 2.05) is 0 Å². The summed E-state index contributed by atoms with van der Waals surface area (Å²) in [6, 6.07) is 0.701. The highest BCUT2D eigenvalue weighted by molar-refractivity contribution is 7.99. The van der Waals surface area contributed by atoms with E-state index in [1.54, 1.807) is 11.3 Å². The fourth-order valence-corrected chi connectivity index (χ4v) is 4.18. The molecule has 1 aliphatic heterocycles. The van der Waals surface area contributed by atoms with E-state index in [0.717, 1.165) is 18.9 Å². The molecule has 0 radical (unpaired) electrons. The summed E-state index contributed by atoms with van der Waals surface area (Å²) in [5.74, 6) is 3.34. The molecule has 1 aromatic heterocycles. The largest absolute Gasteiger partial charge is 0.313 e. The summed E-state index contributed by atoms with van der Waals surface area (Å²) >= 11 is 3.85. The lowest BCUT2D eigenvalue weighted by Gasteiger charge is -2.19. The van der Waals surface area contributed by atoms with Crippen LogP contribution in [-0.4, -0.2) is 29.1 Å². The minimum atomic E-state index is 0.701. The first-order valence-electron chi connectivity index (χ1n) is 6.01. The quantitative estimate of drug-likeness (QED) is 0.877. The van der Waals surface area contributed by atoms with E-state index in [-0.39, 0.29) is 0 Å². The first kappa shape index (κ1) is 12.4. The zero-order valence-electron chi connectivity index (χ0n) is 10.0. The van der Waals surface area contributed by atoms with E-state index >= 15 is 0 Å². The molecule has 1 fully saturated rings. The van der Waals surface area contributed by atoms with Crippen LogP contribution in [0.5, 0.6) is 0 Å². The SMILES string of the molecule is CCCNC1CSCC1Cc1csc(C)n1. The summed E-state index contributed by atoms with van der Waals surface area (Å²) in [5.41, 5.74) is 1.29. The van der Waals surface area contributed by atoms with E-state index in [9.17, 15) is 0 Å². The fraction of sp³-hybridized carbons (Fsp3) is 0.750. The number of hydrogen-bond donors (Lipinski definition) is 1. The number of aryl methyl sites for hydroxylation is 1. The molecule has 1 N–H and O–H groups in total. The summed E-state index contributed by atoms with van der Waals surface area (Å²) in [5, 5.41) is 7.07. The topological polar surface area (TPSA) is 24.9 Å². The highest BCUT2D eigenvalue weighted by Crippen LogP contribution is 2.27. The summed E-state index contributed by atoms with van der Waals surface area (Å²) in [7, 11) is 0.